The number of nitrogens with zero attached hydrogens (tertiary/aromatic N) is 1. The van der Waals surface area contributed by atoms with Crippen molar-refractivity contribution in [3.8, 4) is 0 Å². The van der Waals surface area contributed by atoms with E-state index < -0.39 is 24.5 Å². The second-order valence-electron chi connectivity index (χ2n) is 7.82. The average Bonchev–Trinajstić information content (AvgIpc) is 3.01. The first-order valence-electron chi connectivity index (χ1n) is 10.4. The monoisotopic (exact) mass is 426 g/mol. The first kappa shape index (κ1) is 22.4. The van der Waals surface area contributed by atoms with Crippen LogP contribution in [0.3, 0.4) is 0 Å². The molecule has 1 aromatic carbocycles. The average molecular weight is 426 g/mol. The number of esters is 1. The molecule has 0 radical (unpaired) electrons. The first-order chi connectivity index (χ1) is 14.9. The van der Waals surface area contributed by atoms with Crippen LogP contribution in [0.25, 0.3) is 0 Å². The number of fused-ring (bicyclic) bond motifs is 1. The molecule has 0 spiro atoms. The second kappa shape index (κ2) is 10.1. The molecule has 3 rings (SSSR count). The van der Waals surface area contributed by atoms with Crippen LogP contribution in [0.2, 0.25) is 0 Å². The van der Waals surface area contributed by atoms with Gasteiger partial charge in [-0.05, 0) is 31.7 Å². The van der Waals surface area contributed by atoms with Gasteiger partial charge in [0.2, 0.25) is 11.8 Å². The van der Waals surface area contributed by atoms with Crippen LogP contribution in [-0.2, 0) is 35.1 Å². The fourth-order valence-corrected chi connectivity index (χ4v) is 3.89. The molecule has 1 aliphatic carbocycles. The molecule has 8 heteroatoms. The van der Waals surface area contributed by atoms with Crippen LogP contribution in [-0.4, -0.2) is 53.6 Å². The summed E-state index contributed by atoms with van der Waals surface area (Å²) < 4.78 is 4.96. The minimum Gasteiger partial charge on any atom is -0.456 e. The number of ketones is 1. The summed E-state index contributed by atoms with van der Waals surface area (Å²) in [4.78, 5) is 61.9. The molecule has 3 amide bonds. The number of rotatable bonds is 9. The second-order valence-corrected chi connectivity index (χ2v) is 7.82. The van der Waals surface area contributed by atoms with Crippen LogP contribution in [0.5, 0.6) is 0 Å². The maximum Gasteiger partial charge on any atom is 0.308 e. The van der Waals surface area contributed by atoms with Gasteiger partial charge in [0.15, 0.2) is 12.4 Å². The molecule has 31 heavy (non-hydrogen) atoms. The summed E-state index contributed by atoms with van der Waals surface area (Å²) in [6.07, 6.45) is 5.03. The normalized spacial score (nSPS) is 20.9. The SMILES string of the molecule is CC(=O)[C@@H](Cc1ccccc1)NC(=O)COC(=O)CCN1C(=O)[C@H]2CC=CC[C@@H]2C1=O. The number of ether oxygens (including phenoxy) is 1. The van der Waals surface area contributed by atoms with Crippen LogP contribution in [0.4, 0.5) is 0 Å². The zero-order valence-electron chi connectivity index (χ0n) is 17.4. The highest BCUT2D eigenvalue weighted by Gasteiger charge is 2.46. The summed E-state index contributed by atoms with van der Waals surface area (Å²) in [6.45, 7) is 0.792. The number of carbonyl (C=O) groups is 5. The Balaban J connectivity index is 1.42. The molecular weight excluding hydrogens is 400 g/mol. The van der Waals surface area contributed by atoms with Crippen LogP contribution in [0.15, 0.2) is 42.5 Å². The predicted molar refractivity (Wildman–Crippen MR) is 110 cm³/mol. The van der Waals surface area contributed by atoms with Gasteiger partial charge in [-0.15, -0.1) is 0 Å². The van der Waals surface area contributed by atoms with E-state index in [0.717, 1.165) is 10.5 Å². The molecule has 0 unspecified atom stereocenters. The van der Waals surface area contributed by atoms with E-state index in [1.54, 1.807) is 0 Å². The van der Waals surface area contributed by atoms with Crippen LogP contribution >= 0.6 is 0 Å². The molecular formula is C23H26N2O6. The molecule has 1 aliphatic heterocycles. The lowest BCUT2D eigenvalue weighted by Crippen LogP contribution is -2.43. The van der Waals surface area contributed by atoms with Gasteiger partial charge >= 0.3 is 5.97 Å². The lowest BCUT2D eigenvalue weighted by Gasteiger charge is -2.16. The molecule has 3 atom stereocenters. The third kappa shape index (κ3) is 5.65. The standard InChI is InChI=1S/C23H26N2O6/c1-15(26)19(13-16-7-3-2-4-8-16)24-20(27)14-31-21(28)11-12-25-22(29)17-9-5-6-10-18(17)23(25)30/h2-8,17-19H,9-14H2,1H3,(H,24,27)/t17-,18-,19+/m0/s1. The number of carbonyl (C=O) groups excluding carboxylic acids is 5. The fraction of sp³-hybridized carbons (Fsp3) is 0.435. The van der Waals surface area contributed by atoms with Crippen molar-refractivity contribution in [2.75, 3.05) is 13.2 Å². The number of Topliss-reactive ketones (excluding diaryl/α,β-unsaturated/α-hetero) is 1. The van der Waals surface area contributed by atoms with Crippen molar-refractivity contribution < 1.29 is 28.7 Å². The van der Waals surface area contributed by atoms with Gasteiger partial charge in [0.05, 0.1) is 24.3 Å². The quantitative estimate of drug-likeness (QED) is 0.361. The topological polar surface area (TPSA) is 110 Å². The highest BCUT2D eigenvalue weighted by Crippen LogP contribution is 2.34. The van der Waals surface area contributed by atoms with Gasteiger partial charge in [0.25, 0.3) is 5.91 Å². The summed E-state index contributed by atoms with van der Waals surface area (Å²) in [5, 5.41) is 2.57. The van der Waals surface area contributed by atoms with Crippen molar-refractivity contribution in [3.63, 3.8) is 0 Å². The molecule has 164 valence electrons. The van der Waals surface area contributed by atoms with Crippen LogP contribution in [0.1, 0.15) is 31.7 Å². The van der Waals surface area contributed by atoms with E-state index >= 15 is 0 Å². The molecule has 0 aromatic heterocycles. The summed E-state index contributed by atoms with van der Waals surface area (Å²) in [7, 11) is 0. The van der Waals surface area contributed by atoms with Gasteiger partial charge in [0.1, 0.15) is 0 Å². The third-order valence-corrected chi connectivity index (χ3v) is 5.61. The Labute approximate surface area is 180 Å². The maximum absolute atomic E-state index is 12.4. The number of amides is 3. The zero-order chi connectivity index (χ0) is 22.4. The highest BCUT2D eigenvalue weighted by atomic mass is 16.5. The van der Waals surface area contributed by atoms with E-state index in [2.05, 4.69) is 5.32 Å². The van der Waals surface area contributed by atoms with Gasteiger partial charge in [-0.25, -0.2) is 0 Å². The number of hydrogen-bond donors (Lipinski definition) is 1. The van der Waals surface area contributed by atoms with Crippen molar-refractivity contribution in [1.29, 1.82) is 0 Å². The minimum atomic E-state index is -0.717. The Morgan fingerprint density at radius 3 is 2.26 bits per heavy atom. The van der Waals surface area contributed by atoms with Crippen LogP contribution < -0.4 is 5.32 Å². The Morgan fingerprint density at radius 1 is 1.06 bits per heavy atom. The van der Waals surface area contributed by atoms with E-state index in [-0.39, 0.29) is 42.4 Å². The Kier molecular flexibility index (Phi) is 7.33. The number of allylic oxidation sites excluding steroid dienone is 2. The number of likely N-dealkylation sites (tertiary alicyclic amines) is 1. The van der Waals surface area contributed by atoms with Gasteiger partial charge in [-0.1, -0.05) is 42.5 Å². The molecule has 1 heterocycles. The predicted octanol–water partition coefficient (Wildman–Crippen LogP) is 1.19. The van der Waals surface area contributed by atoms with E-state index in [1.807, 2.05) is 42.5 Å². The third-order valence-electron chi connectivity index (χ3n) is 5.61. The number of nitrogens with one attached hydrogen (secondary N) is 1. The summed E-state index contributed by atoms with van der Waals surface area (Å²) >= 11 is 0. The molecule has 1 fully saturated rings. The molecule has 0 saturated carbocycles. The smallest absolute Gasteiger partial charge is 0.308 e. The molecule has 1 aromatic rings. The van der Waals surface area contributed by atoms with Gasteiger partial charge < -0.3 is 10.1 Å². The molecule has 0 bridgehead atoms. The number of benzene rings is 1. The lowest BCUT2D eigenvalue weighted by molar-refractivity contribution is -0.150. The van der Waals surface area contributed by atoms with Crippen molar-refractivity contribution in [1.82, 2.24) is 10.2 Å². The minimum absolute atomic E-state index is 0.0603. The summed E-state index contributed by atoms with van der Waals surface area (Å²) in [5.74, 6) is -2.67. The Bertz CT molecular complexity index is 869. The van der Waals surface area contributed by atoms with Gasteiger partial charge in [0, 0.05) is 6.54 Å². The fourth-order valence-electron chi connectivity index (χ4n) is 3.89. The van der Waals surface area contributed by atoms with E-state index in [4.69, 9.17) is 4.74 Å². The molecule has 1 N–H and O–H groups in total. The summed E-state index contributed by atoms with van der Waals surface area (Å²) in [6, 6.07) is 8.54. The van der Waals surface area contributed by atoms with Gasteiger partial charge in [-0.3, -0.25) is 28.9 Å². The van der Waals surface area contributed by atoms with Crippen molar-refractivity contribution in [2.45, 2.75) is 38.6 Å². The number of hydrogen-bond acceptors (Lipinski definition) is 6. The Morgan fingerprint density at radius 2 is 1.68 bits per heavy atom. The van der Waals surface area contributed by atoms with E-state index in [1.165, 1.54) is 6.92 Å². The first-order valence-corrected chi connectivity index (χ1v) is 10.4. The molecule has 1 saturated heterocycles. The Hall–Kier alpha value is -3.29. The van der Waals surface area contributed by atoms with Crippen LogP contribution in [0, 0.1) is 11.8 Å². The molecule has 8 nitrogen and oxygen atoms in total. The van der Waals surface area contributed by atoms with Crippen molar-refractivity contribution in [3.05, 3.63) is 48.0 Å². The highest BCUT2D eigenvalue weighted by molar-refractivity contribution is 6.05. The maximum atomic E-state index is 12.4. The number of imide groups is 1. The summed E-state index contributed by atoms with van der Waals surface area (Å²) in [5.41, 5.74) is 0.899. The lowest BCUT2D eigenvalue weighted by atomic mass is 9.85. The van der Waals surface area contributed by atoms with Gasteiger partial charge in [-0.2, -0.15) is 0 Å². The zero-order valence-corrected chi connectivity index (χ0v) is 17.4. The van der Waals surface area contributed by atoms with Crippen molar-refractivity contribution >= 4 is 29.5 Å². The van der Waals surface area contributed by atoms with Crippen molar-refractivity contribution in [2.24, 2.45) is 11.8 Å². The molecule has 2 aliphatic rings. The van der Waals surface area contributed by atoms with E-state index in [0.29, 0.717) is 19.3 Å². The van der Waals surface area contributed by atoms with E-state index in [9.17, 15) is 24.0 Å². The largest absolute Gasteiger partial charge is 0.456 e.